The highest BCUT2D eigenvalue weighted by molar-refractivity contribution is 5.87. The summed E-state index contributed by atoms with van der Waals surface area (Å²) in [6.07, 6.45) is 0. The van der Waals surface area contributed by atoms with Crippen molar-refractivity contribution in [2.75, 3.05) is 0 Å². The van der Waals surface area contributed by atoms with Crippen LogP contribution in [0.5, 0.6) is 0 Å². The molecule has 32 heavy (non-hydrogen) atoms. The molecule has 2 aromatic heterocycles. The Kier molecular flexibility index (Phi) is 4.55. The van der Waals surface area contributed by atoms with E-state index in [0.29, 0.717) is 22.6 Å². The maximum atomic E-state index is 11.1. The number of para-hydroxylation sites is 2. The fourth-order valence-electron chi connectivity index (χ4n) is 4.25. The number of fused-ring (bicyclic) bond motifs is 2. The van der Waals surface area contributed by atoms with Gasteiger partial charge in [0.2, 0.25) is 0 Å². The molecule has 4 nitrogen and oxygen atoms in total. The van der Waals surface area contributed by atoms with Crippen LogP contribution >= 0.6 is 0 Å². The van der Waals surface area contributed by atoms with Crippen molar-refractivity contribution in [3.63, 3.8) is 0 Å². The minimum atomic E-state index is -1.15. The van der Waals surface area contributed by atoms with Gasteiger partial charge in [-0.15, -0.1) is 0 Å². The lowest BCUT2D eigenvalue weighted by atomic mass is 9.83. The Bertz CT molecular complexity index is 1260. The van der Waals surface area contributed by atoms with E-state index in [4.69, 9.17) is 8.83 Å². The van der Waals surface area contributed by atoms with Crippen LogP contribution in [0, 0.1) is 0 Å². The van der Waals surface area contributed by atoms with Gasteiger partial charge in [-0.2, -0.15) is 0 Å². The predicted molar refractivity (Wildman–Crippen MR) is 127 cm³/mol. The van der Waals surface area contributed by atoms with E-state index in [1.54, 1.807) is 27.7 Å². The highest BCUT2D eigenvalue weighted by Crippen LogP contribution is 2.43. The molecule has 4 heteroatoms. The Morgan fingerprint density at radius 2 is 0.938 bits per heavy atom. The molecule has 3 aromatic carbocycles. The molecule has 0 spiro atoms. The first-order chi connectivity index (χ1) is 15.1. The van der Waals surface area contributed by atoms with E-state index in [9.17, 15) is 10.2 Å². The molecule has 2 heterocycles. The normalized spacial score (nSPS) is 12.7. The average Bonchev–Trinajstić information content (AvgIpc) is 3.35. The molecule has 0 aliphatic carbocycles. The summed E-state index contributed by atoms with van der Waals surface area (Å²) in [7, 11) is 0. The fraction of sp³-hybridized carbons (Fsp3) is 0.214. The molecule has 162 valence electrons. The fourth-order valence-corrected chi connectivity index (χ4v) is 4.25. The van der Waals surface area contributed by atoms with Crippen LogP contribution in [0.3, 0.4) is 0 Å². The Balaban J connectivity index is 1.81. The van der Waals surface area contributed by atoms with Crippen LogP contribution in [0.1, 0.15) is 38.8 Å². The van der Waals surface area contributed by atoms with Gasteiger partial charge >= 0.3 is 0 Å². The van der Waals surface area contributed by atoms with E-state index in [1.807, 2.05) is 72.8 Å². The van der Waals surface area contributed by atoms with Crippen molar-refractivity contribution in [2.24, 2.45) is 0 Å². The van der Waals surface area contributed by atoms with Gasteiger partial charge in [-0.3, -0.25) is 0 Å². The molecule has 0 amide bonds. The number of aliphatic hydroxyl groups is 2. The molecule has 0 saturated heterocycles. The summed E-state index contributed by atoms with van der Waals surface area (Å²) < 4.78 is 12.3. The van der Waals surface area contributed by atoms with Gasteiger partial charge in [0.15, 0.2) is 0 Å². The lowest BCUT2D eigenvalue weighted by Gasteiger charge is -2.27. The zero-order chi connectivity index (χ0) is 22.7. The second-order valence-electron chi connectivity index (χ2n) is 9.36. The molecule has 0 radical (unpaired) electrons. The summed E-state index contributed by atoms with van der Waals surface area (Å²) >= 11 is 0. The van der Waals surface area contributed by atoms with Crippen LogP contribution in [0.15, 0.2) is 81.6 Å². The largest absolute Gasteiger partial charge is 0.456 e. The maximum absolute atomic E-state index is 11.1. The van der Waals surface area contributed by atoms with Crippen molar-refractivity contribution in [1.82, 2.24) is 0 Å². The molecule has 0 fully saturated rings. The van der Waals surface area contributed by atoms with E-state index in [1.165, 1.54) is 0 Å². The summed E-state index contributed by atoms with van der Waals surface area (Å²) in [5.41, 5.74) is 2.13. The van der Waals surface area contributed by atoms with E-state index < -0.39 is 11.2 Å². The van der Waals surface area contributed by atoms with Crippen LogP contribution < -0.4 is 0 Å². The zero-order valence-electron chi connectivity index (χ0n) is 18.6. The molecule has 0 saturated carbocycles. The minimum absolute atomic E-state index is 0.644. The molecule has 0 atom stereocenters. The SMILES string of the molecule is CC(C)(O)c1cc(-c2cc3ccccc3o2)c(C(C)(C)O)cc1-c1cc2ccccc2o1. The van der Waals surface area contributed by atoms with Crippen LogP contribution in [0.2, 0.25) is 0 Å². The second-order valence-corrected chi connectivity index (χ2v) is 9.36. The van der Waals surface area contributed by atoms with Crippen molar-refractivity contribution >= 4 is 21.9 Å². The lowest BCUT2D eigenvalue weighted by molar-refractivity contribution is 0.0751. The van der Waals surface area contributed by atoms with Gasteiger partial charge in [-0.1, -0.05) is 36.4 Å². The van der Waals surface area contributed by atoms with E-state index in [-0.39, 0.29) is 0 Å². The maximum Gasteiger partial charge on any atom is 0.135 e. The van der Waals surface area contributed by atoms with Gasteiger partial charge in [0.1, 0.15) is 22.7 Å². The molecular weight excluding hydrogens is 400 g/mol. The third-order valence-electron chi connectivity index (χ3n) is 5.86. The summed E-state index contributed by atoms with van der Waals surface area (Å²) in [5, 5.41) is 24.1. The average molecular weight is 427 g/mol. The molecule has 0 unspecified atom stereocenters. The predicted octanol–water partition coefficient (Wildman–Crippen LogP) is 6.97. The van der Waals surface area contributed by atoms with Gasteiger partial charge < -0.3 is 19.0 Å². The first-order valence-corrected chi connectivity index (χ1v) is 10.7. The minimum Gasteiger partial charge on any atom is -0.456 e. The molecule has 5 aromatic rings. The van der Waals surface area contributed by atoms with Crippen molar-refractivity contribution in [2.45, 2.75) is 38.9 Å². The van der Waals surface area contributed by atoms with Crippen LogP contribution in [0.4, 0.5) is 0 Å². The number of hydrogen-bond donors (Lipinski definition) is 2. The van der Waals surface area contributed by atoms with Crippen LogP contribution in [-0.4, -0.2) is 10.2 Å². The zero-order valence-corrected chi connectivity index (χ0v) is 18.6. The van der Waals surface area contributed by atoms with Crippen molar-refractivity contribution < 1.29 is 19.0 Å². The molecule has 0 aliphatic rings. The van der Waals surface area contributed by atoms with Crippen LogP contribution in [-0.2, 0) is 11.2 Å². The third-order valence-corrected chi connectivity index (χ3v) is 5.86. The number of benzene rings is 3. The van der Waals surface area contributed by atoms with Gasteiger partial charge in [0, 0.05) is 21.9 Å². The van der Waals surface area contributed by atoms with Crippen LogP contribution in [0.25, 0.3) is 44.6 Å². The number of hydrogen-bond acceptors (Lipinski definition) is 4. The first kappa shape index (κ1) is 20.6. The standard InChI is InChI=1S/C28H26O4/c1-27(2,29)21-15-20(26-14-18-10-6-8-12-24(18)32-26)22(28(3,4)30)16-19(21)25-13-17-9-5-7-11-23(17)31-25/h5-16,29-30H,1-4H3. The van der Waals surface area contributed by atoms with Gasteiger partial charge in [0.25, 0.3) is 0 Å². The molecular formula is C28H26O4. The first-order valence-electron chi connectivity index (χ1n) is 10.7. The molecule has 5 rings (SSSR count). The monoisotopic (exact) mass is 426 g/mol. The van der Waals surface area contributed by atoms with Gasteiger partial charge in [-0.25, -0.2) is 0 Å². The molecule has 2 N–H and O–H groups in total. The summed E-state index contributed by atoms with van der Waals surface area (Å²) in [6.45, 7) is 7.00. The summed E-state index contributed by atoms with van der Waals surface area (Å²) in [6, 6.07) is 23.4. The Hall–Kier alpha value is -3.34. The van der Waals surface area contributed by atoms with Gasteiger partial charge in [0.05, 0.1) is 11.2 Å². The van der Waals surface area contributed by atoms with E-state index >= 15 is 0 Å². The highest BCUT2D eigenvalue weighted by Gasteiger charge is 2.30. The lowest BCUT2D eigenvalue weighted by Crippen LogP contribution is -2.21. The highest BCUT2D eigenvalue weighted by atomic mass is 16.3. The molecule has 0 bridgehead atoms. The summed E-state index contributed by atoms with van der Waals surface area (Å²) in [4.78, 5) is 0. The van der Waals surface area contributed by atoms with Crippen molar-refractivity contribution in [3.05, 3.63) is 83.9 Å². The number of rotatable bonds is 4. The smallest absolute Gasteiger partial charge is 0.135 e. The second kappa shape index (κ2) is 7.09. The topological polar surface area (TPSA) is 66.7 Å². The van der Waals surface area contributed by atoms with E-state index in [0.717, 1.165) is 33.1 Å². The van der Waals surface area contributed by atoms with Crippen molar-refractivity contribution in [1.29, 1.82) is 0 Å². The quantitative estimate of drug-likeness (QED) is 0.326. The third kappa shape index (κ3) is 3.52. The Morgan fingerprint density at radius 1 is 0.562 bits per heavy atom. The van der Waals surface area contributed by atoms with E-state index in [2.05, 4.69) is 0 Å². The Morgan fingerprint density at radius 3 is 1.28 bits per heavy atom. The molecule has 0 aliphatic heterocycles. The summed E-state index contributed by atoms with van der Waals surface area (Å²) in [5.74, 6) is 1.29. The van der Waals surface area contributed by atoms with Gasteiger partial charge in [-0.05, 0) is 75.2 Å². The number of furan rings is 2. The Labute approximate surface area is 186 Å². The van der Waals surface area contributed by atoms with Crippen molar-refractivity contribution in [3.8, 4) is 22.6 Å².